The predicted octanol–water partition coefficient (Wildman–Crippen LogP) is 3.81. The van der Waals surface area contributed by atoms with Crippen molar-refractivity contribution in [3.05, 3.63) is 50.6 Å². The van der Waals surface area contributed by atoms with E-state index in [1.807, 2.05) is 0 Å². The van der Waals surface area contributed by atoms with Crippen molar-refractivity contribution in [1.29, 1.82) is 0 Å². The summed E-state index contributed by atoms with van der Waals surface area (Å²) in [7, 11) is 0. The molecule has 1 aliphatic heterocycles. The summed E-state index contributed by atoms with van der Waals surface area (Å²) >= 11 is 13.8. The first kappa shape index (κ1) is 17.7. The van der Waals surface area contributed by atoms with Crippen molar-refractivity contribution in [2.75, 3.05) is 38.0 Å². The first-order chi connectivity index (χ1) is 11.6. The van der Waals surface area contributed by atoms with Crippen LogP contribution in [-0.4, -0.2) is 48.4 Å². The van der Waals surface area contributed by atoms with Crippen LogP contribution >= 0.6 is 34.5 Å². The summed E-state index contributed by atoms with van der Waals surface area (Å²) in [6.07, 6.45) is 0. The van der Waals surface area contributed by atoms with Crippen molar-refractivity contribution >= 4 is 46.1 Å². The van der Waals surface area contributed by atoms with Gasteiger partial charge in [-0.25, -0.2) is 0 Å². The van der Waals surface area contributed by atoms with E-state index in [-0.39, 0.29) is 5.91 Å². The molecule has 2 heterocycles. The highest BCUT2D eigenvalue weighted by molar-refractivity contribution is 7.09. The van der Waals surface area contributed by atoms with Gasteiger partial charge in [0.25, 0.3) is 0 Å². The number of anilines is 1. The standard InChI is InChI=1S/C17H19Cl2N3OS/c18-13-3-4-15(19)16(10-13)20-17(23)12-22-7-5-21(6-8-22)11-14-2-1-9-24-14/h1-4,9-10H,5-8,11-12H2,(H,20,23). The third kappa shape index (κ3) is 4.94. The van der Waals surface area contributed by atoms with Crippen molar-refractivity contribution in [3.8, 4) is 0 Å². The number of halogens is 2. The minimum absolute atomic E-state index is 0.0640. The molecule has 4 nitrogen and oxygen atoms in total. The number of hydrogen-bond acceptors (Lipinski definition) is 4. The number of rotatable bonds is 5. The number of thiophene rings is 1. The molecule has 1 amide bonds. The fourth-order valence-electron chi connectivity index (χ4n) is 2.71. The van der Waals surface area contributed by atoms with Gasteiger partial charge in [-0.1, -0.05) is 29.3 Å². The maximum atomic E-state index is 12.2. The van der Waals surface area contributed by atoms with Crippen LogP contribution in [0.1, 0.15) is 4.88 Å². The van der Waals surface area contributed by atoms with E-state index in [2.05, 4.69) is 32.6 Å². The van der Waals surface area contributed by atoms with Gasteiger partial charge >= 0.3 is 0 Å². The van der Waals surface area contributed by atoms with Crippen LogP contribution < -0.4 is 5.32 Å². The average molecular weight is 384 g/mol. The summed E-state index contributed by atoms with van der Waals surface area (Å²) in [4.78, 5) is 18.2. The molecule has 0 spiro atoms. The Kier molecular flexibility index (Phi) is 6.14. The average Bonchev–Trinajstić information content (AvgIpc) is 3.06. The first-order valence-corrected chi connectivity index (χ1v) is 9.46. The van der Waals surface area contributed by atoms with Gasteiger partial charge in [-0.15, -0.1) is 11.3 Å². The van der Waals surface area contributed by atoms with E-state index in [9.17, 15) is 4.79 Å². The molecule has 128 valence electrons. The van der Waals surface area contributed by atoms with Crippen molar-refractivity contribution in [2.45, 2.75) is 6.54 Å². The Bertz CT molecular complexity index is 685. The van der Waals surface area contributed by atoms with Gasteiger partial charge in [0.2, 0.25) is 5.91 Å². The summed E-state index contributed by atoms with van der Waals surface area (Å²) in [5.74, 6) is -0.0640. The Labute approximate surface area is 156 Å². The fraction of sp³-hybridized carbons (Fsp3) is 0.353. The zero-order valence-corrected chi connectivity index (χ0v) is 15.5. The summed E-state index contributed by atoms with van der Waals surface area (Å²) < 4.78 is 0. The lowest BCUT2D eigenvalue weighted by molar-refractivity contribution is -0.117. The zero-order valence-electron chi connectivity index (χ0n) is 13.2. The van der Waals surface area contributed by atoms with E-state index in [0.29, 0.717) is 22.3 Å². The van der Waals surface area contributed by atoms with E-state index in [0.717, 1.165) is 32.7 Å². The van der Waals surface area contributed by atoms with Crippen LogP contribution in [0.2, 0.25) is 10.0 Å². The van der Waals surface area contributed by atoms with Crippen LogP contribution in [-0.2, 0) is 11.3 Å². The fourth-order valence-corrected chi connectivity index (χ4v) is 3.80. The zero-order chi connectivity index (χ0) is 16.9. The predicted molar refractivity (Wildman–Crippen MR) is 101 cm³/mol. The van der Waals surface area contributed by atoms with Crippen LogP contribution in [0.25, 0.3) is 0 Å². The maximum absolute atomic E-state index is 12.2. The molecule has 1 aliphatic rings. The molecule has 1 aromatic carbocycles. The van der Waals surface area contributed by atoms with E-state index >= 15 is 0 Å². The van der Waals surface area contributed by atoms with E-state index in [4.69, 9.17) is 23.2 Å². The van der Waals surface area contributed by atoms with Gasteiger partial charge in [0.15, 0.2) is 0 Å². The highest BCUT2D eigenvalue weighted by Crippen LogP contribution is 2.25. The summed E-state index contributed by atoms with van der Waals surface area (Å²) in [6, 6.07) is 9.30. The van der Waals surface area contributed by atoms with Crippen LogP contribution in [0.5, 0.6) is 0 Å². The lowest BCUT2D eigenvalue weighted by atomic mass is 10.3. The normalized spacial score (nSPS) is 16.2. The Balaban J connectivity index is 1.45. The monoisotopic (exact) mass is 383 g/mol. The molecule has 0 atom stereocenters. The summed E-state index contributed by atoms with van der Waals surface area (Å²) in [5.41, 5.74) is 0.561. The number of piperazine rings is 1. The minimum atomic E-state index is -0.0640. The number of nitrogens with one attached hydrogen (secondary N) is 1. The smallest absolute Gasteiger partial charge is 0.238 e. The Hall–Kier alpha value is -1.11. The molecule has 24 heavy (non-hydrogen) atoms. The van der Waals surface area contributed by atoms with Gasteiger partial charge in [-0.3, -0.25) is 14.6 Å². The van der Waals surface area contributed by atoms with Crippen LogP contribution in [0.4, 0.5) is 5.69 Å². The van der Waals surface area contributed by atoms with Gasteiger partial charge in [-0.05, 0) is 29.6 Å². The molecule has 1 aromatic heterocycles. The molecular formula is C17H19Cl2N3OS. The van der Waals surface area contributed by atoms with E-state index < -0.39 is 0 Å². The molecule has 0 unspecified atom stereocenters. The molecule has 1 fully saturated rings. The maximum Gasteiger partial charge on any atom is 0.238 e. The van der Waals surface area contributed by atoms with Crippen LogP contribution in [0.3, 0.4) is 0 Å². The second-order valence-corrected chi connectivity index (χ2v) is 7.68. The van der Waals surface area contributed by atoms with Gasteiger partial charge < -0.3 is 5.32 Å². The highest BCUT2D eigenvalue weighted by Gasteiger charge is 2.19. The second-order valence-electron chi connectivity index (χ2n) is 5.80. The van der Waals surface area contributed by atoms with Crippen molar-refractivity contribution < 1.29 is 4.79 Å². The largest absolute Gasteiger partial charge is 0.324 e. The molecule has 0 aliphatic carbocycles. The Morgan fingerprint density at radius 1 is 1.12 bits per heavy atom. The van der Waals surface area contributed by atoms with Crippen LogP contribution in [0, 0.1) is 0 Å². The van der Waals surface area contributed by atoms with Gasteiger partial charge in [-0.2, -0.15) is 0 Å². The Morgan fingerprint density at radius 2 is 1.88 bits per heavy atom. The topological polar surface area (TPSA) is 35.6 Å². The summed E-state index contributed by atoms with van der Waals surface area (Å²) in [5, 5.41) is 5.99. The van der Waals surface area contributed by atoms with E-state index in [1.165, 1.54) is 4.88 Å². The quantitative estimate of drug-likeness (QED) is 0.852. The third-order valence-electron chi connectivity index (χ3n) is 3.99. The number of carbonyl (C=O) groups is 1. The van der Waals surface area contributed by atoms with Crippen LogP contribution in [0.15, 0.2) is 35.7 Å². The van der Waals surface area contributed by atoms with Crippen molar-refractivity contribution in [3.63, 3.8) is 0 Å². The molecular weight excluding hydrogens is 365 g/mol. The second kappa shape index (κ2) is 8.32. The minimum Gasteiger partial charge on any atom is -0.324 e. The highest BCUT2D eigenvalue weighted by atomic mass is 35.5. The van der Waals surface area contributed by atoms with E-state index in [1.54, 1.807) is 29.5 Å². The number of hydrogen-bond donors (Lipinski definition) is 1. The molecule has 1 N–H and O–H groups in total. The first-order valence-electron chi connectivity index (χ1n) is 7.82. The van der Waals surface area contributed by atoms with Gasteiger partial charge in [0, 0.05) is 42.6 Å². The van der Waals surface area contributed by atoms with Gasteiger partial charge in [0.1, 0.15) is 0 Å². The lowest BCUT2D eigenvalue weighted by Gasteiger charge is -2.34. The molecule has 0 saturated carbocycles. The van der Waals surface area contributed by atoms with Crippen molar-refractivity contribution in [2.24, 2.45) is 0 Å². The third-order valence-corrected chi connectivity index (χ3v) is 5.42. The SMILES string of the molecule is O=C(CN1CCN(Cc2cccs2)CC1)Nc1cc(Cl)ccc1Cl. The Morgan fingerprint density at radius 3 is 2.58 bits per heavy atom. The molecule has 2 aromatic rings. The number of carbonyl (C=O) groups excluding carboxylic acids is 1. The van der Waals surface area contributed by atoms with Gasteiger partial charge in [0.05, 0.1) is 17.3 Å². The summed E-state index contributed by atoms with van der Waals surface area (Å²) in [6.45, 7) is 5.10. The number of benzene rings is 1. The lowest BCUT2D eigenvalue weighted by Crippen LogP contribution is -2.48. The number of nitrogens with zero attached hydrogens (tertiary/aromatic N) is 2. The molecule has 3 rings (SSSR count). The molecule has 1 saturated heterocycles. The van der Waals surface area contributed by atoms with Crippen molar-refractivity contribution in [1.82, 2.24) is 9.80 Å². The number of amides is 1. The molecule has 7 heteroatoms. The molecule has 0 radical (unpaired) electrons. The molecule has 0 bridgehead atoms.